The maximum atomic E-state index is 14.2. The molecule has 0 bridgehead atoms. The Morgan fingerprint density at radius 2 is 1.85 bits per heavy atom. The number of nitrogens with zero attached hydrogens (tertiary/aromatic N) is 2. The minimum Gasteiger partial charge on any atom is -0.433 e. The van der Waals surface area contributed by atoms with Crippen LogP contribution in [0.1, 0.15) is 24.0 Å². The van der Waals surface area contributed by atoms with Crippen molar-refractivity contribution >= 4 is 18.6 Å². The first-order valence-corrected chi connectivity index (χ1v) is 12.1. The van der Waals surface area contributed by atoms with Gasteiger partial charge >= 0.3 is 20.0 Å². The zero-order valence-corrected chi connectivity index (χ0v) is 20.2. The van der Waals surface area contributed by atoms with E-state index < -0.39 is 20.0 Å². The van der Waals surface area contributed by atoms with Gasteiger partial charge in [0.2, 0.25) is 0 Å². The highest BCUT2D eigenvalue weighted by Crippen LogP contribution is 2.53. The van der Waals surface area contributed by atoms with Crippen LogP contribution in [0.3, 0.4) is 0 Å². The third kappa shape index (κ3) is 5.13. The summed E-state index contributed by atoms with van der Waals surface area (Å²) in [6.07, 6.45) is 2.46. The van der Waals surface area contributed by atoms with Crippen molar-refractivity contribution < 1.29 is 37.0 Å². The first kappa shape index (κ1) is 24.3. The molecule has 1 N–H and O–H groups in total. The molecular weight excluding hydrogens is 467 g/mol. The number of hydrogen-bond acceptors (Lipinski definition) is 10. The first-order valence-electron chi connectivity index (χ1n) is 10.6. The molecule has 2 aromatic heterocycles. The number of aryl methyl sites for hydroxylation is 1. The van der Waals surface area contributed by atoms with Crippen LogP contribution in [0.25, 0.3) is 10.9 Å². The van der Waals surface area contributed by atoms with Gasteiger partial charge in [0, 0.05) is 18.1 Å². The highest BCUT2D eigenvalue weighted by molar-refractivity contribution is 7.52. The summed E-state index contributed by atoms with van der Waals surface area (Å²) in [5.41, 5.74) is 1.62. The monoisotopic (exact) mass is 494 g/mol. The van der Waals surface area contributed by atoms with Crippen molar-refractivity contribution in [3.8, 4) is 0 Å². The molecule has 0 aliphatic carbocycles. The van der Waals surface area contributed by atoms with E-state index in [9.17, 15) is 14.5 Å². The number of ether oxygens (including phenoxy) is 2. The zero-order valence-electron chi connectivity index (χ0n) is 19.3. The fourth-order valence-corrected chi connectivity index (χ4v) is 5.11. The van der Waals surface area contributed by atoms with Crippen LogP contribution in [0.4, 0.5) is 0 Å². The number of aromatic nitrogens is 1. The third-order valence-electron chi connectivity index (χ3n) is 5.33. The first-order chi connectivity index (χ1) is 16.2. The second kappa shape index (κ2) is 9.81. The van der Waals surface area contributed by atoms with Crippen molar-refractivity contribution in [2.75, 3.05) is 27.2 Å². The number of aliphatic hydroxyl groups is 1. The molecule has 0 spiro atoms. The average Bonchev–Trinajstić information content (AvgIpc) is 3.43. The second-order valence-corrected chi connectivity index (χ2v) is 9.92. The average molecular weight is 494 g/mol. The molecule has 34 heavy (non-hydrogen) atoms. The lowest BCUT2D eigenvalue weighted by molar-refractivity contribution is -0.194. The summed E-state index contributed by atoms with van der Waals surface area (Å²) in [5, 5.41) is 10.5. The standard InChI is InChI=1S/C22H27N2O9P/c1-14-19(32-21(25)30-14)12-28-34(27,29-13-20-15(2)31-22(26)33-20)24-11-16(9-10-23(3)4)17-7-5-6-8-18(17)24/h5-8,11,21,25H,9-10,12-13H2,1-4H3. The topological polar surface area (TPSA) is 126 Å². The molecule has 1 aliphatic heterocycles. The maximum absolute atomic E-state index is 14.2. The van der Waals surface area contributed by atoms with Crippen molar-refractivity contribution in [2.24, 2.45) is 0 Å². The van der Waals surface area contributed by atoms with Gasteiger partial charge in [-0.25, -0.2) is 9.36 Å². The van der Waals surface area contributed by atoms with Crippen molar-refractivity contribution in [3.05, 3.63) is 69.7 Å². The van der Waals surface area contributed by atoms with Gasteiger partial charge in [0.15, 0.2) is 11.5 Å². The van der Waals surface area contributed by atoms with Crippen molar-refractivity contribution in [2.45, 2.75) is 33.4 Å². The smallest absolute Gasteiger partial charge is 0.433 e. The van der Waals surface area contributed by atoms with Crippen LogP contribution in [0, 0.1) is 6.92 Å². The largest absolute Gasteiger partial charge is 0.519 e. The molecule has 0 saturated carbocycles. The van der Waals surface area contributed by atoms with E-state index in [1.54, 1.807) is 20.0 Å². The Labute approximate surface area is 195 Å². The summed E-state index contributed by atoms with van der Waals surface area (Å²) in [6, 6.07) is 7.49. The predicted molar refractivity (Wildman–Crippen MR) is 121 cm³/mol. The molecule has 0 saturated heterocycles. The van der Waals surface area contributed by atoms with Gasteiger partial charge < -0.3 is 28.3 Å². The summed E-state index contributed by atoms with van der Waals surface area (Å²) < 4.78 is 47.3. The number of fused-ring (bicyclic) bond motifs is 1. The van der Waals surface area contributed by atoms with Gasteiger partial charge in [-0.2, -0.15) is 0 Å². The fourth-order valence-electron chi connectivity index (χ4n) is 3.51. The highest BCUT2D eigenvalue weighted by Gasteiger charge is 2.34. The van der Waals surface area contributed by atoms with E-state index in [1.165, 1.54) is 4.34 Å². The van der Waals surface area contributed by atoms with Crippen LogP contribution < -0.4 is 5.82 Å². The lowest BCUT2D eigenvalue weighted by atomic mass is 10.1. The lowest BCUT2D eigenvalue weighted by Crippen LogP contribution is -2.14. The van der Waals surface area contributed by atoms with Gasteiger partial charge in [0.1, 0.15) is 24.7 Å². The lowest BCUT2D eigenvalue weighted by Gasteiger charge is -2.20. The van der Waals surface area contributed by atoms with Crippen molar-refractivity contribution in [1.82, 2.24) is 9.24 Å². The number of hydrogen-bond donors (Lipinski definition) is 1. The SMILES string of the molecule is CC1=C(COP(=O)(OCc2oc(=O)oc2C)n2cc(CCN(C)C)c3ccccc32)OC(O)O1. The summed E-state index contributed by atoms with van der Waals surface area (Å²) in [7, 11) is -0.115. The number of aliphatic hydroxyl groups excluding tert-OH is 1. The number of rotatable bonds is 10. The van der Waals surface area contributed by atoms with E-state index in [-0.39, 0.29) is 30.5 Å². The van der Waals surface area contributed by atoms with Crippen LogP contribution in [0.2, 0.25) is 0 Å². The molecule has 0 fully saturated rings. The Bertz CT molecular complexity index is 1300. The van der Waals surface area contributed by atoms with Gasteiger partial charge in [0.25, 0.3) is 0 Å². The molecule has 1 aromatic carbocycles. The van der Waals surface area contributed by atoms with Gasteiger partial charge in [-0.3, -0.25) is 13.4 Å². The minimum atomic E-state index is -4.07. The van der Waals surface area contributed by atoms with Gasteiger partial charge in [-0.05, 0) is 46.0 Å². The normalized spacial score (nSPS) is 17.9. The Morgan fingerprint density at radius 1 is 1.12 bits per heavy atom. The van der Waals surface area contributed by atoms with E-state index in [4.69, 9.17) is 27.4 Å². The van der Waals surface area contributed by atoms with Gasteiger partial charge in [-0.1, -0.05) is 18.2 Å². The Hall–Kier alpha value is -2.82. The Balaban J connectivity index is 1.70. The van der Waals surface area contributed by atoms with E-state index in [2.05, 4.69) is 4.90 Å². The molecule has 12 heteroatoms. The van der Waals surface area contributed by atoms with Crippen LogP contribution in [0.15, 0.2) is 55.6 Å². The third-order valence-corrected chi connectivity index (χ3v) is 7.10. The van der Waals surface area contributed by atoms with E-state index in [1.807, 2.05) is 38.4 Å². The summed E-state index contributed by atoms with van der Waals surface area (Å²) >= 11 is 0. The summed E-state index contributed by atoms with van der Waals surface area (Å²) in [4.78, 5) is 13.5. The fraction of sp³-hybridized carbons (Fsp3) is 0.409. The van der Waals surface area contributed by atoms with Crippen molar-refractivity contribution in [3.63, 3.8) is 0 Å². The maximum Gasteiger partial charge on any atom is 0.519 e. The quantitative estimate of drug-likeness (QED) is 0.420. The zero-order chi connectivity index (χ0) is 24.5. The van der Waals surface area contributed by atoms with Crippen LogP contribution in [-0.2, 0) is 36.1 Å². The van der Waals surface area contributed by atoms with Crippen molar-refractivity contribution in [1.29, 1.82) is 0 Å². The number of benzene rings is 1. The molecule has 2 atom stereocenters. The van der Waals surface area contributed by atoms with E-state index >= 15 is 0 Å². The van der Waals surface area contributed by atoms with Gasteiger partial charge in [-0.15, -0.1) is 0 Å². The molecule has 2 unspecified atom stereocenters. The minimum absolute atomic E-state index is 0.101. The second-order valence-electron chi connectivity index (χ2n) is 8.04. The van der Waals surface area contributed by atoms with Crippen LogP contribution in [-0.4, -0.2) is 48.1 Å². The molecule has 11 nitrogen and oxygen atoms in total. The summed E-state index contributed by atoms with van der Waals surface area (Å²) in [5.74, 6) is -0.0684. The number of likely N-dealkylation sites (N-methyl/N-ethyl adjacent to an activating group) is 1. The molecule has 184 valence electrons. The van der Waals surface area contributed by atoms with Crippen LogP contribution >= 0.6 is 7.75 Å². The van der Waals surface area contributed by atoms with E-state index in [0.29, 0.717) is 17.7 Å². The predicted octanol–water partition coefficient (Wildman–Crippen LogP) is 3.34. The number of allylic oxidation sites excluding steroid dienone is 1. The molecule has 3 heterocycles. The highest BCUT2D eigenvalue weighted by atomic mass is 31.2. The van der Waals surface area contributed by atoms with Gasteiger partial charge in [0.05, 0.1) is 5.52 Å². The van der Waals surface area contributed by atoms with E-state index in [0.717, 1.165) is 17.5 Å². The molecular formula is C22H27N2O9P. The number of para-hydroxylation sites is 1. The molecule has 1 aliphatic rings. The molecule has 3 aromatic rings. The summed E-state index contributed by atoms with van der Waals surface area (Å²) in [6.45, 7) is 1.86. The molecule has 4 rings (SSSR count). The Kier molecular flexibility index (Phi) is 7.01. The van der Waals surface area contributed by atoms with Crippen LogP contribution in [0.5, 0.6) is 0 Å². The molecule has 0 amide bonds. The molecule has 0 radical (unpaired) electrons. The Morgan fingerprint density at radius 3 is 2.50 bits per heavy atom.